The molecular formula is C14H17IO3. The van der Waals surface area contributed by atoms with Gasteiger partial charge in [0, 0.05) is 12.8 Å². The number of hydrogen-bond acceptors (Lipinski definition) is 3. The van der Waals surface area contributed by atoms with E-state index in [4.69, 9.17) is 3.07 Å². The van der Waals surface area contributed by atoms with Crippen molar-refractivity contribution < 1.29 is 12.7 Å². The highest BCUT2D eigenvalue weighted by atomic mass is 127. The van der Waals surface area contributed by atoms with E-state index in [2.05, 4.69) is 6.58 Å². The second-order valence-electron chi connectivity index (χ2n) is 4.31. The molecule has 0 saturated heterocycles. The Labute approximate surface area is 122 Å². The van der Waals surface area contributed by atoms with E-state index in [0.717, 1.165) is 12.0 Å². The lowest BCUT2D eigenvalue weighted by atomic mass is 9.84. The van der Waals surface area contributed by atoms with Gasteiger partial charge in [-0.25, -0.2) is 0 Å². The molecule has 2 atom stereocenters. The third-order valence-electron chi connectivity index (χ3n) is 3.16. The van der Waals surface area contributed by atoms with Crippen molar-refractivity contribution >= 4 is 34.8 Å². The summed E-state index contributed by atoms with van der Waals surface area (Å²) in [5.74, 6) is -0.428. The monoisotopic (exact) mass is 360 g/mol. The van der Waals surface area contributed by atoms with Gasteiger partial charge in [-0.2, -0.15) is 0 Å². The van der Waals surface area contributed by atoms with E-state index in [1.165, 1.54) is 0 Å². The van der Waals surface area contributed by atoms with Crippen LogP contribution in [-0.4, -0.2) is 11.8 Å². The van der Waals surface area contributed by atoms with Crippen LogP contribution in [0.2, 0.25) is 0 Å². The zero-order valence-corrected chi connectivity index (χ0v) is 12.6. The van der Waals surface area contributed by atoms with Crippen LogP contribution in [-0.2, 0) is 12.7 Å². The standard InChI is InChI=1S/C14H17IO3/c1-3-5-6-10(4-2)13(14(17)18-15)11-7-8-12(16)9-11/h3-6,11,13H,2,7-9H2,1H3/b5-3-,10-6+. The van der Waals surface area contributed by atoms with E-state index >= 15 is 0 Å². The number of allylic oxidation sites excluding steroid dienone is 4. The molecule has 3 nitrogen and oxygen atoms in total. The van der Waals surface area contributed by atoms with Gasteiger partial charge in [-0.15, -0.1) is 0 Å². The Bertz CT molecular complexity index is 396. The van der Waals surface area contributed by atoms with Gasteiger partial charge >= 0.3 is 5.97 Å². The van der Waals surface area contributed by atoms with Crippen LogP contribution in [0.4, 0.5) is 0 Å². The highest BCUT2D eigenvalue weighted by Crippen LogP contribution is 2.35. The van der Waals surface area contributed by atoms with Crippen LogP contribution in [0.25, 0.3) is 0 Å². The molecule has 0 aliphatic heterocycles. The van der Waals surface area contributed by atoms with Crippen LogP contribution in [0.15, 0.2) is 36.5 Å². The molecule has 98 valence electrons. The number of ketones is 1. The van der Waals surface area contributed by atoms with Crippen molar-refractivity contribution in [2.24, 2.45) is 11.8 Å². The summed E-state index contributed by atoms with van der Waals surface area (Å²) < 4.78 is 4.83. The SMILES string of the molecule is C=C/C(=C\C=C/C)C(C(=O)OI)C1CCC(=O)C1. The molecule has 1 rings (SSSR count). The number of Topliss-reactive ketones (excluding diaryl/α,β-unsaturated/α-hetero) is 1. The molecule has 18 heavy (non-hydrogen) atoms. The molecule has 1 aliphatic rings. The van der Waals surface area contributed by atoms with Crippen LogP contribution in [0, 0.1) is 11.8 Å². The van der Waals surface area contributed by atoms with Crippen molar-refractivity contribution in [3.63, 3.8) is 0 Å². The van der Waals surface area contributed by atoms with Crippen LogP contribution in [0.1, 0.15) is 26.2 Å². The molecule has 0 aromatic heterocycles. The lowest BCUT2D eigenvalue weighted by Gasteiger charge is -2.20. The summed E-state index contributed by atoms with van der Waals surface area (Å²) in [7, 11) is 0. The zero-order valence-electron chi connectivity index (χ0n) is 10.4. The van der Waals surface area contributed by atoms with Gasteiger partial charge in [-0.05, 0) is 24.8 Å². The molecule has 0 spiro atoms. The maximum Gasteiger partial charge on any atom is 0.323 e. The molecule has 0 aromatic rings. The van der Waals surface area contributed by atoms with Gasteiger partial charge in [0.1, 0.15) is 5.78 Å². The fraction of sp³-hybridized carbons (Fsp3) is 0.429. The molecule has 1 aliphatic carbocycles. The Kier molecular flexibility index (Phi) is 6.32. The van der Waals surface area contributed by atoms with Crippen molar-refractivity contribution in [1.29, 1.82) is 0 Å². The summed E-state index contributed by atoms with van der Waals surface area (Å²) in [6, 6.07) is 0. The van der Waals surface area contributed by atoms with Crippen molar-refractivity contribution in [2.45, 2.75) is 26.2 Å². The molecular weight excluding hydrogens is 343 g/mol. The fourth-order valence-electron chi connectivity index (χ4n) is 2.28. The minimum Gasteiger partial charge on any atom is -0.394 e. The Balaban J connectivity index is 3.00. The average Bonchev–Trinajstić information content (AvgIpc) is 2.79. The van der Waals surface area contributed by atoms with Gasteiger partial charge in [0.2, 0.25) is 0 Å². The van der Waals surface area contributed by atoms with Gasteiger partial charge < -0.3 is 3.07 Å². The van der Waals surface area contributed by atoms with Gasteiger partial charge in [-0.3, -0.25) is 9.59 Å². The van der Waals surface area contributed by atoms with Crippen molar-refractivity contribution in [2.75, 3.05) is 0 Å². The Hall–Kier alpha value is -0.910. The molecule has 0 N–H and O–H groups in total. The minimum atomic E-state index is -0.387. The summed E-state index contributed by atoms with van der Waals surface area (Å²) >= 11 is 1.59. The molecule has 0 aromatic carbocycles. The van der Waals surface area contributed by atoms with Crippen LogP contribution >= 0.6 is 23.0 Å². The summed E-state index contributed by atoms with van der Waals surface area (Å²) in [6.45, 7) is 5.65. The first-order valence-electron chi connectivity index (χ1n) is 5.93. The second-order valence-corrected chi connectivity index (χ2v) is 4.75. The van der Waals surface area contributed by atoms with E-state index in [9.17, 15) is 9.59 Å². The van der Waals surface area contributed by atoms with E-state index in [0.29, 0.717) is 12.8 Å². The predicted octanol–water partition coefficient (Wildman–Crippen LogP) is 3.55. The van der Waals surface area contributed by atoms with E-state index in [1.807, 2.05) is 25.2 Å². The summed E-state index contributed by atoms with van der Waals surface area (Å²) in [5.41, 5.74) is 0.814. The van der Waals surface area contributed by atoms with E-state index in [-0.39, 0.29) is 23.6 Å². The molecule has 1 fully saturated rings. The van der Waals surface area contributed by atoms with Gasteiger partial charge in [-0.1, -0.05) is 30.9 Å². The topological polar surface area (TPSA) is 43.4 Å². The zero-order chi connectivity index (χ0) is 13.5. The first-order chi connectivity index (χ1) is 8.63. The van der Waals surface area contributed by atoms with Crippen molar-refractivity contribution in [3.05, 3.63) is 36.5 Å². The van der Waals surface area contributed by atoms with Gasteiger partial charge in [0.15, 0.2) is 23.0 Å². The molecule has 2 unspecified atom stereocenters. The van der Waals surface area contributed by atoms with Gasteiger partial charge in [0.05, 0.1) is 5.92 Å². The Morgan fingerprint density at radius 2 is 2.33 bits per heavy atom. The molecule has 4 heteroatoms. The first-order valence-corrected chi connectivity index (χ1v) is 6.81. The lowest BCUT2D eigenvalue weighted by Crippen LogP contribution is -2.24. The minimum absolute atomic E-state index is 0.0364. The van der Waals surface area contributed by atoms with Crippen molar-refractivity contribution in [1.82, 2.24) is 0 Å². The number of carbonyl (C=O) groups is 2. The summed E-state index contributed by atoms with van der Waals surface area (Å²) in [5, 5.41) is 0. The largest absolute Gasteiger partial charge is 0.394 e. The molecule has 0 radical (unpaired) electrons. The normalized spacial score (nSPS) is 22.2. The lowest BCUT2D eigenvalue weighted by molar-refractivity contribution is -0.136. The summed E-state index contributed by atoms with van der Waals surface area (Å²) in [6.07, 6.45) is 9.03. The smallest absolute Gasteiger partial charge is 0.323 e. The average molecular weight is 360 g/mol. The second kappa shape index (κ2) is 7.51. The van der Waals surface area contributed by atoms with E-state index in [1.54, 1.807) is 29.1 Å². The number of halogens is 1. The number of rotatable bonds is 5. The third-order valence-corrected chi connectivity index (χ3v) is 3.60. The van der Waals surface area contributed by atoms with Crippen LogP contribution in [0.3, 0.4) is 0 Å². The van der Waals surface area contributed by atoms with E-state index < -0.39 is 0 Å². The molecule has 0 bridgehead atoms. The number of carbonyl (C=O) groups excluding carboxylic acids is 2. The van der Waals surface area contributed by atoms with Crippen molar-refractivity contribution in [3.8, 4) is 0 Å². The fourth-order valence-corrected chi connectivity index (χ4v) is 2.56. The molecule has 0 heterocycles. The Morgan fingerprint density at radius 1 is 1.61 bits per heavy atom. The molecule has 1 saturated carbocycles. The maximum absolute atomic E-state index is 11.9. The van der Waals surface area contributed by atoms with Gasteiger partial charge in [0.25, 0.3) is 0 Å². The third kappa shape index (κ3) is 3.80. The molecule has 0 amide bonds. The highest BCUT2D eigenvalue weighted by Gasteiger charge is 2.36. The predicted molar refractivity (Wildman–Crippen MR) is 79.0 cm³/mol. The maximum atomic E-state index is 11.9. The highest BCUT2D eigenvalue weighted by molar-refractivity contribution is 14.1. The number of hydrogen-bond donors (Lipinski definition) is 0. The van der Waals surface area contributed by atoms with Crippen LogP contribution < -0.4 is 0 Å². The van der Waals surface area contributed by atoms with Crippen LogP contribution in [0.5, 0.6) is 0 Å². The Morgan fingerprint density at radius 3 is 2.78 bits per heavy atom. The quantitative estimate of drug-likeness (QED) is 0.556. The first kappa shape index (κ1) is 15.1. The summed E-state index contributed by atoms with van der Waals surface area (Å²) in [4.78, 5) is 23.3.